The SMILES string of the molecule is CCCNC1CCCCC1S(=O)(=O)C1CCOCC1. The summed E-state index contributed by atoms with van der Waals surface area (Å²) < 4.78 is 30.9. The van der Waals surface area contributed by atoms with Crippen LogP contribution in [0.15, 0.2) is 0 Å². The van der Waals surface area contributed by atoms with Gasteiger partial charge in [-0.05, 0) is 38.6 Å². The molecule has 112 valence electrons. The van der Waals surface area contributed by atoms with Crippen molar-refractivity contribution in [2.75, 3.05) is 19.8 Å². The predicted molar refractivity (Wildman–Crippen MR) is 77.1 cm³/mol. The van der Waals surface area contributed by atoms with E-state index >= 15 is 0 Å². The maximum absolute atomic E-state index is 12.8. The zero-order valence-electron chi connectivity index (χ0n) is 11.9. The van der Waals surface area contributed by atoms with Gasteiger partial charge in [0, 0.05) is 19.3 Å². The van der Waals surface area contributed by atoms with E-state index in [9.17, 15) is 8.42 Å². The van der Waals surface area contributed by atoms with E-state index in [0.717, 1.165) is 38.6 Å². The highest BCUT2D eigenvalue weighted by molar-refractivity contribution is 7.92. The Morgan fingerprint density at radius 3 is 2.47 bits per heavy atom. The average molecular weight is 289 g/mol. The zero-order chi connectivity index (χ0) is 13.7. The molecule has 2 atom stereocenters. The van der Waals surface area contributed by atoms with Gasteiger partial charge in [-0.25, -0.2) is 8.42 Å². The lowest BCUT2D eigenvalue weighted by atomic mass is 9.95. The third kappa shape index (κ3) is 3.70. The van der Waals surface area contributed by atoms with Crippen molar-refractivity contribution in [3.8, 4) is 0 Å². The van der Waals surface area contributed by atoms with E-state index in [1.54, 1.807) is 0 Å². The molecule has 0 amide bonds. The quantitative estimate of drug-likeness (QED) is 0.840. The highest BCUT2D eigenvalue weighted by Crippen LogP contribution is 2.30. The molecule has 2 fully saturated rings. The summed E-state index contributed by atoms with van der Waals surface area (Å²) in [6.07, 6.45) is 6.46. The molecule has 1 saturated carbocycles. The Bertz CT molecular complexity index is 363. The summed E-state index contributed by atoms with van der Waals surface area (Å²) in [6.45, 7) is 4.25. The molecular weight excluding hydrogens is 262 g/mol. The largest absolute Gasteiger partial charge is 0.381 e. The standard InChI is InChI=1S/C14H27NO3S/c1-2-9-15-13-5-3-4-6-14(13)19(16,17)12-7-10-18-11-8-12/h12-15H,2-11H2,1H3. The summed E-state index contributed by atoms with van der Waals surface area (Å²) in [5.41, 5.74) is 0. The first-order valence-electron chi connectivity index (χ1n) is 7.70. The van der Waals surface area contributed by atoms with Crippen LogP contribution in [0.1, 0.15) is 51.9 Å². The average Bonchev–Trinajstić information content (AvgIpc) is 2.46. The second-order valence-corrected chi connectivity index (χ2v) is 8.23. The maximum Gasteiger partial charge on any atom is 0.157 e. The van der Waals surface area contributed by atoms with Gasteiger partial charge < -0.3 is 10.1 Å². The predicted octanol–water partition coefficient (Wildman–Crippen LogP) is 1.89. The van der Waals surface area contributed by atoms with Crippen LogP contribution in [0.5, 0.6) is 0 Å². The Morgan fingerprint density at radius 2 is 1.79 bits per heavy atom. The summed E-state index contributed by atoms with van der Waals surface area (Å²) >= 11 is 0. The first-order valence-corrected chi connectivity index (χ1v) is 9.31. The van der Waals surface area contributed by atoms with E-state index in [4.69, 9.17) is 4.74 Å². The molecule has 4 nitrogen and oxygen atoms in total. The third-order valence-corrected chi connectivity index (χ3v) is 7.22. The highest BCUT2D eigenvalue weighted by atomic mass is 32.2. The molecule has 1 aliphatic carbocycles. The van der Waals surface area contributed by atoms with E-state index < -0.39 is 9.84 Å². The first kappa shape index (κ1) is 15.3. The molecule has 1 aliphatic heterocycles. The smallest absolute Gasteiger partial charge is 0.157 e. The van der Waals surface area contributed by atoms with Gasteiger partial charge in [0.2, 0.25) is 0 Å². The number of ether oxygens (including phenoxy) is 1. The Morgan fingerprint density at radius 1 is 1.11 bits per heavy atom. The van der Waals surface area contributed by atoms with Gasteiger partial charge in [0.1, 0.15) is 0 Å². The Labute approximate surface area is 117 Å². The maximum atomic E-state index is 12.8. The second-order valence-electron chi connectivity index (χ2n) is 5.78. The molecule has 19 heavy (non-hydrogen) atoms. The molecule has 2 unspecified atom stereocenters. The Kier molecular flexibility index (Phi) is 5.66. The van der Waals surface area contributed by atoms with E-state index in [0.29, 0.717) is 26.1 Å². The van der Waals surface area contributed by atoms with Crippen LogP contribution in [0.3, 0.4) is 0 Å². The third-order valence-electron chi connectivity index (χ3n) is 4.41. The molecule has 5 heteroatoms. The minimum absolute atomic E-state index is 0.168. The normalized spacial score (nSPS) is 30.4. The van der Waals surface area contributed by atoms with Crippen molar-refractivity contribution in [1.82, 2.24) is 5.32 Å². The van der Waals surface area contributed by atoms with Crippen LogP contribution in [0.4, 0.5) is 0 Å². The summed E-state index contributed by atoms with van der Waals surface area (Å²) in [6, 6.07) is 0.168. The highest BCUT2D eigenvalue weighted by Gasteiger charge is 2.40. The molecule has 0 bridgehead atoms. The molecule has 2 aliphatic rings. The van der Waals surface area contributed by atoms with Crippen molar-refractivity contribution in [2.45, 2.75) is 68.4 Å². The van der Waals surface area contributed by atoms with E-state index in [2.05, 4.69) is 12.2 Å². The van der Waals surface area contributed by atoms with Crippen LogP contribution in [0, 0.1) is 0 Å². The van der Waals surface area contributed by atoms with E-state index in [-0.39, 0.29) is 16.5 Å². The fourth-order valence-electron chi connectivity index (χ4n) is 3.31. The van der Waals surface area contributed by atoms with Gasteiger partial charge in [-0.2, -0.15) is 0 Å². The van der Waals surface area contributed by atoms with Gasteiger partial charge in [-0.1, -0.05) is 19.8 Å². The lowest BCUT2D eigenvalue weighted by Crippen LogP contribution is -2.50. The van der Waals surface area contributed by atoms with Crippen LogP contribution in [0.2, 0.25) is 0 Å². The van der Waals surface area contributed by atoms with Gasteiger partial charge in [0.25, 0.3) is 0 Å². The second kappa shape index (κ2) is 7.04. The van der Waals surface area contributed by atoms with Crippen molar-refractivity contribution in [1.29, 1.82) is 0 Å². The lowest BCUT2D eigenvalue weighted by molar-refractivity contribution is 0.0980. The molecule has 0 spiro atoms. The van der Waals surface area contributed by atoms with Gasteiger partial charge >= 0.3 is 0 Å². The Hall–Kier alpha value is -0.130. The molecular formula is C14H27NO3S. The van der Waals surface area contributed by atoms with Gasteiger partial charge in [0.05, 0.1) is 10.5 Å². The van der Waals surface area contributed by atoms with Gasteiger partial charge in [-0.3, -0.25) is 0 Å². The van der Waals surface area contributed by atoms with Crippen molar-refractivity contribution in [3.05, 3.63) is 0 Å². The molecule has 1 saturated heterocycles. The Balaban J connectivity index is 2.06. The van der Waals surface area contributed by atoms with Crippen LogP contribution < -0.4 is 5.32 Å². The van der Waals surface area contributed by atoms with Crippen molar-refractivity contribution in [2.24, 2.45) is 0 Å². The molecule has 1 heterocycles. The number of nitrogens with one attached hydrogen (secondary N) is 1. The summed E-state index contributed by atoms with van der Waals surface area (Å²) in [4.78, 5) is 0. The number of rotatable bonds is 5. The van der Waals surface area contributed by atoms with Crippen LogP contribution in [-0.2, 0) is 14.6 Å². The van der Waals surface area contributed by atoms with Crippen molar-refractivity contribution >= 4 is 9.84 Å². The lowest BCUT2D eigenvalue weighted by Gasteiger charge is -2.35. The summed E-state index contributed by atoms with van der Waals surface area (Å²) in [7, 11) is -3.01. The van der Waals surface area contributed by atoms with Gasteiger partial charge in [-0.15, -0.1) is 0 Å². The van der Waals surface area contributed by atoms with Crippen molar-refractivity contribution < 1.29 is 13.2 Å². The molecule has 0 aromatic carbocycles. The fourth-order valence-corrected chi connectivity index (χ4v) is 5.83. The van der Waals surface area contributed by atoms with Gasteiger partial charge in [0.15, 0.2) is 9.84 Å². The summed E-state index contributed by atoms with van der Waals surface area (Å²) in [5.74, 6) is 0. The molecule has 2 rings (SSSR count). The van der Waals surface area contributed by atoms with E-state index in [1.165, 1.54) is 0 Å². The molecule has 0 aromatic heterocycles. The zero-order valence-corrected chi connectivity index (χ0v) is 12.8. The summed E-state index contributed by atoms with van der Waals surface area (Å²) in [5, 5.41) is 3.11. The first-order chi connectivity index (χ1) is 9.16. The minimum Gasteiger partial charge on any atom is -0.381 e. The monoisotopic (exact) mass is 289 g/mol. The number of sulfone groups is 1. The fraction of sp³-hybridized carbons (Fsp3) is 1.00. The minimum atomic E-state index is -3.01. The topological polar surface area (TPSA) is 55.4 Å². The molecule has 1 N–H and O–H groups in total. The number of hydrogen-bond donors (Lipinski definition) is 1. The molecule has 0 aromatic rings. The van der Waals surface area contributed by atoms with Crippen LogP contribution in [-0.4, -0.2) is 44.7 Å². The van der Waals surface area contributed by atoms with Crippen molar-refractivity contribution in [3.63, 3.8) is 0 Å². The molecule has 0 radical (unpaired) electrons. The van der Waals surface area contributed by atoms with E-state index in [1.807, 2.05) is 0 Å². The number of hydrogen-bond acceptors (Lipinski definition) is 4. The van der Waals surface area contributed by atoms with Crippen LogP contribution in [0.25, 0.3) is 0 Å². The van der Waals surface area contributed by atoms with Crippen LogP contribution >= 0.6 is 0 Å².